The SMILES string of the molecule is Cc1ccc(N)c(=O)n1-c1ccc(C(F)(F)F)cc1. The number of hydrogen-bond acceptors (Lipinski definition) is 2. The summed E-state index contributed by atoms with van der Waals surface area (Å²) in [6, 6.07) is 7.47. The van der Waals surface area contributed by atoms with Gasteiger partial charge in [0.1, 0.15) is 0 Å². The number of nitrogen functional groups attached to an aromatic ring is 1. The predicted molar refractivity (Wildman–Crippen MR) is 66.2 cm³/mol. The third kappa shape index (κ3) is 2.47. The molecule has 1 heterocycles. The number of nitrogens with two attached hydrogens (primary N) is 1. The lowest BCUT2D eigenvalue weighted by Crippen LogP contribution is -2.23. The molecule has 19 heavy (non-hydrogen) atoms. The molecule has 0 atom stereocenters. The molecule has 1 aromatic carbocycles. The van der Waals surface area contributed by atoms with Gasteiger partial charge in [0.15, 0.2) is 0 Å². The van der Waals surface area contributed by atoms with E-state index in [9.17, 15) is 18.0 Å². The zero-order valence-corrected chi connectivity index (χ0v) is 10.0. The van der Waals surface area contributed by atoms with Gasteiger partial charge in [-0.1, -0.05) is 0 Å². The van der Waals surface area contributed by atoms with Gasteiger partial charge in [0.25, 0.3) is 5.56 Å². The highest BCUT2D eigenvalue weighted by atomic mass is 19.4. The lowest BCUT2D eigenvalue weighted by molar-refractivity contribution is -0.137. The van der Waals surface area contributed by atoms with Gasteiger partial charge >= 0.3 is 6.18 Å². The normalized spacial score (nSPS) is 11.6. The standard InChI is InChI=1S/C13H11F3N2O/c1-8-2-7-11(17)12(19)18(8)10-5-3-9(4-6-10)13(14,15)16/h2-7H,17H2,1H3. The number of halogens is 3. The zero-order valence-electron chi connectivity index (χ0n) is 10.0. The van der Waals surface area contributed by atoms with E-state index < -0.39 is 17.3 Å². The van der Waals surface area contributed by atoms with E-state index in [0.29, 0.717) is 11.4 Å². The number of alkyl halides is 3. The van der Waals surface area contributed by atoms with Crippen LogP contribution in [0, 0.1) is 6.92 Å². The van der Waals surface area contributed by atoms with Gasteiger partial charge in [0.05, 0.1) is 11.3 Å². The molecule has 0 aliphatic heterocycles. The van der Waals surface area contributed by atoms with E-state index in [-0.39, 0.29) is 5.69 Å². The number of rotatable bonds is 1. The van der Waals surface area contributed by atoms with Gasteiger partial charge in [0.2, 0.25) is 0 Å². The molecule has 2 aromatic rings. The third-order valence-electron chi connectivity index (χ3n) is 2.76. The van der Waals surface area contributed by atoms with Crippen LogP contribution in [0.25, 0.3) is 5.69 Å². The molecule has 0 unspecified atom stereocenters. The minimum absolute atomic E-state index is 0.0468. The Balaban J connectivity index is 2.56. The molecule has 0 radical (unpaired) electrons. The molecule has 6 heteroatoms. The molecule has 100 valence electrons. The van der Waals surface area contributed by atoms with E-state index in [4.69, 9.17) is 5.73 Å². The highest BCUT2D eigenvalue weighted by molar-refractivity contribution is 5.43. The Hall–Kier alpha value is -2.24. The number of aromatic nitrogens is 1. The summed E-state index contributed by atoms with van der Waals surface area (Å²) in [5.41, 5.74) is 5.30. The maximum absolute atomic E-state index is 12.5. The van der Waals surface area contributed by atoms with Crippen molar-refractivity contribution in [1.82, 2.24) is 4.57 Å². The van der Waals surface area contributed by atoms with Gasteiger partial charge in [-0.25, -0.2) is 0 Å². The molecule has 0 amide bonds. The van der Waals surface area contributed by atoms with Gasteiger partial charge < -0.3 is 5.73 Å². The fraction of sp³-hybridized carbons (Fsp3) is 0.154. The quantitative estimate of drug-likeness (QED) is 0.864. The van der Waals surface area contributed by atoms with Crippen LogP contribution in [0.1, 0.15) is 11.3 Å². The summed E-state index contributed by atoms with van der Waals surface area (Å²) >= 11 is 0. The van der Waals surface area contributed by atoms with Crippen molar-refractivity contribution in [3.8, 4) is 5.69 Å². The molecule has 0 aliphatic rings. The fourth-order valence-electron chi connectivity index (χ4n) is 1.77. The summed E-state index contributed by atoms with van der Waals surface area (Å²) in [6.07, 6.45) is -4.39. The molecule has 2 rings (SSSR count). The van der Waals surface area contributed by atoms with Crippen molar-refractivity contribution in [2.45, 2.75) is 13.1 Å². The van der Waals surface area contributed by atoms with Crippen molar-refractivity contribution in [1.29, 1.82) is 0 Å². The molecule has 0 fully saturated rings. The van der Waals surface area contributed by atoms with Gasteiger partial charge in [-0.2, -0.15) is 13.2 Å². The summed E-state index contributed by atoms with van der Waals surface area (Å²) in [5.74, 6) is 0. The smallest absolute Gasteiger partial charge is 0.394 e. The van der Waals surface area contributed by atoms with Crippen LogP contribution in [0.15, 0.2) is 41.2 Å². The van der Waals surface area contributed by atoms with E-state index >= 15 is 0 Å². The maximum Gasteiger partial charge on any atom is 0.416 e. The Morgan fingerprint density at radius 2 is 1.63 bits per heavy atom. The van der Waals surface area contributed by atoms with E-state index in [1.165, 1.54) is 22.8 Å². The molecule has 0 spiro atoms. The molecule has 0 saturated carbocycles. The molecule has 0 aliphatic carbocycles. The fourth-order valence-corrected chi connectivity index (χ4v) is 1.77. The Labute approximate surface area is 107 Å². The highest BCUT2D eigenvalue weighted by Gasteiger charge is 2.30. The molecule has 0 saturated heterocycles. The van der Waals surface area contributed by atoms with Crippen LogP contribution < -0.4 is 11.3 Å². The molecular formula is C13H11F3N2O. The van der Waals surface area contributed by atoms with E-state index in [1.54, 1.807) is 13.0 Å². The van der Waals surface area contributed by atoms with Crippen LogP contribution in [0.2, 0.25) is 0 Å². The molecule has 3 nitrogen and oxygen atoms in total. The van der Waals surface area contributed by atoms with Gasteiger partial charge in [-0.3, -0.25) is 9.36 Å². The molecule has 1 aromatic heterocycles. The number of nitrogens with zero attached hydrogens (tertiary/aromatic N) is 1. The van der Waals surface area contributed by atoms with Crippen LogP contribution >= 0.6 is 0 Å². The first kappa shape index (κ1) is 13.2. The minimum atomic E-state index is -4.39. The summed E-state index contributed by atoms with van der Waals surface area (Å²) in [5, 5.41) is 0. The molecular weight excluding hydrogens is 257 g/mol. The Kier molecular flexibility index (Phi) is 3.09. The summed E-state index contributed by atoms with van der Waals surface area (Å²) in [7, 11) is 0. The van der Waals surface area contributed by atoms with Crippen LogP contribution in [0.4, 0.5) is 18.9 Å². The van der Waals surface area contributed by atoms with Crippen molar-refractivity contribution < 1.29 is 13.2 Å². The number of aryl methyl sites for hydroxylation is 1. The monoisotopic (exact) mass is 268 g/mol. The summed E-state index contributed by atoms with van der Waals surface area (Å²) in [6.45, 7) is 1.68. The first-order chi connectivity index (χ1) is 8.80. The van der Waals surface area contributed by atoms with Gasteiger partial charge in [0, 0.05) is 11.4 Å². The Morgan fingerprint density at radius 1 is 1.05 bits per heavy atom. The van der Waals surface area contributed by atoms with Crippen molar-refractivity contribution >= 4 is 5.69 Å². The Bertz CT molecular complexity index is 657. The van der Waals surface area contributed by atoms with Crippen LogP contribution in [-0.4, -0.2) is 4.57 Å². The van der Waals surface area contributed by atoms with Gasteiger partial charge in [-0.15, -0.1) is 0 Å². The van der Waals surface area contributed by atoms with E-state index in [1.807, 2.05) is 0 Å². The minimum Gasteiger partial charge on any atom is -0.394 e. The largest absolute Gasteiger partial charge is 0.416 e. The average molecular weight is 268 g/mol. The Morgan fingerprint density at radius 3 is 2.16 bits per heavy atom. The first-order valence-corrected chi connectivity index (χ1v) is 5.46. The average Bonchev–Trinajstić information content (AvgIpc) is 2.34. The maximum atomic E-state index is 12.5. The predicted octanol–water partition coefficient (Wildman–Crippen LogP) is 2.75. The second-order valence-electron chi connectivity index (χ2n) is 4.12. The third-order valence-corrected chi connectivity index (χ3v) is 2.76. The lowest BCUT2D eigenvalue weighted by Gasteiger charge is -2.12. The first-order valence-electron chi connectivity index (χ1n) is 5.46. The highest BCUT2D eigenvalue weighted by Crippen LogP contribution is 2.29. The van der Waals surface area contributed by atoms with Crippen molar-refractivity contribution in [2.75, 3.05) is 5.73 Å². The number of hydrogen-bond donors (Lipinski definition) is 1. The number of benzene rings is 1. The second-order valence-corrected chi connectivity index (χ2v) is 4.12. The van der Waals surface area contributed by atoms with Crippen molar-refractivity contribution in [3.63, 3.8) is 0 Å². The molecule has 0 bridgehead atoms. The van der Waals surface area contributed by atoms with Gasteiger partial charge in [-0.05, 0) is 43.3 Å². The van der Waals surface area contributed by atoms with E-state index in [2.05, 4.69) is 0 Å². The van der Waals surface area contributed by atoms with Crippen molar-refractivity contribution in [3.05, 3.63) is 58.0 Å². The summed E-state index contributed by atoms with van der Waals surface area (Å²) < 4.78 is 38.6. The topological polar surface area (TPSA) is 48.0 Å². The lowest BCUT2D eigenvalue weighted by atomic mass is 10.2. The van der Waals surface area contributed by atoms with Crippen LogP contribution in [-0.2, 0) is 6.18 Å². The van der Waals surface area contributed by atoms with Crippen LogP contribution in [0.3, 0.4) is 0 Å². The summed E-state index contributed by atoms with van der Waals surface area (Å²) in [4.78, 5) is 11.9. The van der Waals surface area contributed by atoms with E-state index in [0.717, 1.165) is 12.1 Å². The number of pyridine rings is 1. The number of anilines is 1. The molecule has 2 N–H and O–H groups in total. The zero-order chi connectivity index (χ0) is 14.2. The second kappa shape index (κ2) is 4.46. The van der Waals surface area contributed by atoms with Crippen molar-refractivity contribution in [2.24, 2.45) is 0 Å². The van der Waals surface area contributed by atoms with Crippen LogP contribution in [0.5, 0.6) is 0 Å².